The number of aromatic nitrogens is 2. The van der Waals surface area contributed by atoms with E-state index in [0.717, 1.165) is 35.5 Å². The normalized spacial score (nSPS) is 10.9. The number of hydrogen-bond acceptors (Lipinski definition) is 3. The predicted octanol–water partition coefficient (Wildman–Crippen LogP) is 5.31. The van der Waals surface area contributed by atoms with E-state index in [2.05, 4.69) is 12.2 Å². The second-order valence-corrected chi connectivity index (χ2v) is 6.68. The van der Waals surface area contributed by atoms with Crippen LogP contribution in [0.25, 0.3) is 16.9 Å². The largest absolute Gasteiger partial charge is 0.497 e. The molecule has 0 saturated carbocycles. The number of fused-ring (bicyclic) bond motifs is 1. The number of amides is 1. The summed E-state index contributed by atoms with van der Waals surface area (Å²) in [6.07, 6.45) is 8.08. The van der Waals surface area contributed by atoms with Crippen LogP contribution in [0.3, 0.4) is 0 Å². The Morgan fingerprint density at radius 3 is 2.78 bits per heavy atom. The number of carbonyl (C=O) groups is 1. The van der Waals surface area contributed by atoms with Gasteiger partial charge >= 0.3 is 0 Å². The number of nitrogens with one attached hydrogen (secondary N) is 1. The van der Waals surface area contributed by atoms with Crippen molar-refractivity contribution >= 4 is 17.4 Å². The van der Waals surface area contributed by atoms with E-state index in [4.69, 9.17) is 9.72 Å². The highest BCUT2D eigenvalue weighted by atomic mass is 16.5. The van der Waals surface area contributed by atoms with Gasteiger partial charge in [-0.25, -0.2) is 4.98 Å². The molecule has 27 heavy (non-hydrogen) atoms. The average molecular weight is 365 g/mol. The number of pyridine rings is 1. The van der Waals surface area contributed by atoms with Gasteiger partial charge in [0.2, 0.25) is 5.91 Å². The van der Waals surface area contributed by atoms with E-state index in [1.54, 1.807) is 7.11 Å². The van der Waals surface area contributed by atoms with E-state index < -0.39 is 0 Å². The number of ether oxygens (including phenoxy) is 1. The smallest absolute Gasteiger partial charge is 0.225 e. The Hall–Kier alpha value is -2.82. The first-order valence-corrected chi connectivity index (χ1v) is 9.64. The van der Waals surface area contributed by atoms with E-state index in [1.807, 2.05) is 53.1 Å². The van der Waals surface area contributed by atoms with Crippen LogP contribution >= 0.6 is 0 Å². The summed E-state index contributed by atoms with van der Waals surface area (Å²) >= 11 is 0. The zero-order chi connectivity index (χ0) is 19.1. The number of methoxy groups -OCH3 is 1. The van der Waals surface area contributed by atoms with Gasteiger partial charge in [0.15, 0.2) is 0 Å². The zero-order valence-corrected chi connectivity index (χ0v) is 16.1. The summed E-state index contributed by atoms with van der Waals surface area (Å²) in [4.78, 5) is 17.2. The van der Waals surface area contributed by atoms with Crippen molar-refractivity contribution in [2.24, 2.45) is 0 Å². The molecule has 3 aromatic rings. The van der Waals surface area contributed by atoms with Crippen molar-refractivity contribution in [3.63, 3.8) is 0 Å². The summed E-state index contributed by atoms with van der Waals surface area (Å²) in [6, 6.07) is 13.5. The highest BCUT2D eigenvalue weighted by Crippen LogP contribution is 2.31. The van der Waals surface area contributed by atoms with Crippen molar-refractivity contribution < 1.29 is 9.53 Å². The first-order chi connectivity index (χ1) is 13.2. The quantitative estimate of drug-likeness (QED) is 0.523. The fraction of sp³-hybridized carbons (Fsp3) is 0.364. The lowest BCUT2D eigenvalue weighted by molar-refractivity contribution is -0.116. The third-order valence-corrected chi connectivity index (χ3v) is 4.64. The Morgan fingerprint density at radius 2 is 1.96 bits per heavy atom. The molecule has 1 N–H and O–H groups in total. The van der Waals surface area contributed by atoms with Gasteiger partial charge < -0.3 is 10.1 Å². The minimum atomic E-state index is 0.0290. The number of anilines is 1. The first kappa shape index (κ1) is 19.0. The van der Waals surface area contributed by atoms with E-state index in [9.17, 15) is 4.79 Å². The molecule has 3 rings (SSSR count). The molecule has 5 heteroatoms. The molecule has 0 bridgehead atoms. The van der Waals surface area contributed by atoms with Gasteiger partial charge in [0.1, 0.15) is 22.9 Å². The summed E-state index contributed by atoms with van der Waals surface area (Å²) in [5, 5.41) is 3.08. The van der Waals surface area contributed by atoms with E-state index in [1.165, 1.54) is 19.3 Å². The molecule has 1 aromatic carbocycles. The highest BCUT2D eigenvalue weighted by molar-refractivity contribution is 5.94. The Labute approximate surface area is 160 Å². The lowest BCUT2D eigenvalue weighted by Crippen LogP contribution is -2.13. The number of nitrogens with zero attached hydrogens (tertiary/aromatic N) is 2. The van der Waals surface area contributed by atoms with E-state index in [0.29, 0.717) is 12.2 Å². The van der Waals surface area contributed by atoms with Crippen LogP contribution in [0.5, 0.6) is 5.75 Å². The van der Waals surface area contributed by atoms with Gasteiger partial charge in [-0.3, -0.25) is 9.20 Å². The van der Waals surface area contributed by atoms with Crippen LogP contribution in [0.15, 0.2) is 48.7 Å². The van der Waals surface area contributed by atoms with Gasteiger partial charge in [-0.1, -0.05) is 50.8 Å². The highest BCUT2D eigenvalue weighted by Gasteiger charge is 2.16. The number of rotatable bonds is 9. The molecule has 0 unspecified atom stereocenters. The third-order valence-electron chi connectivity index (χ3n) is 4.64. The molecule has 0 saturated heterocycles. The Balaban J connectivity index is 1.83. The number of hydrogen-bond donors (Lipinski definition) is 1. The van der Waals surface area contributed by atoms with Gasteiger partial charge in [-0.2, -0.15) is 0 Å². The second kappa shape index (κ2) is 9.21. The van der Waals surface area contributed by atoms with Crippen molar-refractivity contribution in [1.29, 1.82) is 0 Å². The molecule has 0 atom stereocenters. The maximum Gasteiger partial charge on any atom is 0.225 e. The van der Waals surface area contributed by atoms with Gasteiger partial charge in [-0.05, 0) is 30.7 Å². The van der Waals surface area contributed by atoms with Gasteiger partial charge in [0.05, 0.1) is 7.11 Å². The van der Waals surface area contributed by atoms with Crippen LogP contribution in [0.2, 0.25) is 0 Å². The standard InChI is InChI=1S/C22H27N3O2/c1-3-4-5-6-7-14-20(26)24-22-21(17-11-10-12-18(16-17)27-2)23-19-13-8-9-15-25(19)22/h8-13,15-16H,3-7,14H2,1-2H3,(H,24,26). The topological polar surface area (TPSA) is 55.6 Å². The summed E-state index contributed by atoms with van der Waals surface area (Å²) in [5.41, 5.74) is 2.46. The minimum Gasteiger partial charge on any atom is -0.497 e. The molecule has 2 heterocycles. The molecule has 142 valence electrons. The molecule has 0 radical (unpaired) electrons. The van der Waals surface area contributed by atoms with E-state index >= 15 is 0 Å². The first-order valence-electron chi connectivity index (χ1n) is 9.64. The molecular formula is C22H27N3O2. The maximum atomic E-state index is 12.5. The van der Waals surface area contributed by atoms with Crippen LogP contribution in [0.1, 0.15) is 45.4 Å². The summed E-state index contributed by atoms with van der Waals surface area (Å²) in [7, 11) is 1.64. The molecule has 0 aliphatic heterocycles. The predicted molar refractivity (Wildman–Crippen MR) is 109 cm³/mol. The third kappa shape index (κ3) is 4.67. The van der Waals surface area contributed by atoms with Crippen LogP contribution in [0, 0.1) is 0 Å². The number of benzene rings is 1. The Kier molecular flexibility index (Phi) is 6.47. The minimum absolute atomic E-state index is 0.0290. The molecule has 2 aromatic heterocycles. The molecule has 5 nitrogen and oxygen atoms in total. The molecule has 0 spiro atoms. The van der Waals surface area contributed by atoms with Crippen LogP contribution in [-0.4, -0.2) is 22.4 Å². The molecule has 0 fully saturated rings. The lowest BCUT2D eigenvalue weighted by atomic mass is 10.1. The molecule has 1 amide bonds. The monoisotopic (exact) mass is 365 g/mol. The fourth-order valence-electron chi connectivity index (χ4n) is 3.17. The number of imidazole rings is 1. The average Bonchev–Trinajstić information content (AvgIpc) is 3.06. The van der Waals surface area contributed by atoms with Gasteiger partial charge in [0, 0.05) is 18.2 Å². The molecule has 0 aliphatic rings. The SMILES string of the molecule is CCCCCCCC(=O)Nc1c(-c2cccc(OC)c2)nc2ccccn12. The molecule has 0 aliphatic carbocycles. The maximum absolute atomic E-state index is 12.5. The number of carbonyl (C=O) groups excluding carboxylic acids is 1. The van der Waals surface area contributed by atoms with Crippen molar-refractivity contribution in [1.82, 2.24) is 9.38 Å². The van der Waals surface area contributed by atoms with Crippen LogP contribution in [-0.2, 0) is 4.79 Å². The van der Waals surface area contributed by atoms with Crippen molar-refractivity contribution in [2.45, 2.75) is 45.4 Å². The summed E-state index contributed by atoms with van der Waals surface area (Å²) in [6.45, 7) is 2.19. The fourth-order valence-corrected chi connectivity index (χ4v) is 3.17. The Morgan fingerprint density at radius 1 is 1.11 bits per heavy atom. The van der Waals surface area contributed by atoms with E-state index in [-0.39, 0.29) is 5.91 Å². The lowest BCUT2D eigenvalue weighted by Gasteiger charge is -2.09. The van der Waals surface area contributed by atoms with Crippen molar-refractivity contribution in [3.05, 3.63) is 48.7 Å². The second-order valence-electron chi connectivity index (χ2n) is 6.68. The summed E-state index contributed by atoms with van der Waals surface area (Å²) < 4.78 is 7.26. The van der Waals surface area contributed by atoms with Crippen molar-refractivity contribution in [3.8, 4) is 17.0 Å². The summed E-state index contributed by atoms with van der Waals surface area (Å²) in [5.74, 6) is 1.50. The Bertz CT molecular complexity index is 901. The van der Waals surface area contributed by atoms with Crippen LogP contribution in [0.4, 0.5) is 5.82 Å². The van der Waals surface area contributed by atoms with Gasteiger partial charge in [-0.15, -0.1) is 0 Å². The van der Waals surface area contributed by atoms with Gasteiger partial charge in [0.25, 0.3) is 0 Å². The van der Waals surface area contributed by atoms with Crippen molar-refractivity contribution in [2.75, 3.05) is 12.4 Å². The number of unbranched alkanes of at least 4 members (excludes halogenated alkanes) is 4. The molecular weight excluding hydrogens is 338 g/mol. The van der Waals surface area contributed by atoms with Crippen LogP contribution < -0.4 is 10.1 Å². The zero-order valence-electron chi connectivity index (χ0n) is 16.1.